The van der Waals surface area contributed by atoms with Crippen molar-refractivity contribution in [1.29, 1.82) is 0 Å². The molecule has 21 heavy (non-hydrogen) atoms. The van der Waals surface area contributed by atoms with E-state index in [0.29, 0.717) is 12.1 Å². The molecule has 1 N–H and O–H groups in total. The highest BCUT2D eigenvalue weighted by atomic mass is 16.5. The van der Waals surface area contributed by atoms with Crippen LogP contribution in [-0.2, 0) is 12.8 Å². The molecule has 0 bridgehead atoms. The smallest absolute Gasteiger partial charge is 0.122 e. The number of fused-ring (bicyclic) bond motifs is 1. The fourth-order valence-corrected chi connectivity index (χ4v) is 3.19. The van der Waals surface area contributed by atoms with Crippen molar-refractivity contribution in [3.63, 3.8) is 0 Å². The number of nitrogens with zero attached hydrogens (tertiary/aromatic N) is 1. The van der Waals surface area contributed by atoms with Gasteiger partial charge in [0.25, 0.3) is 0 Å². The highest BCUT2D eigenvalue weighted by molar-refractivity contribution is 5.42. The largest absolute Gasteiger partial charge is 0.496 e. The summed E-state index contributed by atoms with van der Waals surface area (Å²) in [7, 11) is 1.75. The lowest BCUT2D eigenvalue weighted by Crippen LogP contribution is -2.36. The molecule has 0 radical (unpaired) electrons. The van der Waals surface area contributed by atoms with Crippen molar-refractivity contribution in [3.05, 3.63) is 59.4 Å². The molecule has 1 aliphatic carbocycles. The molecule has 2 aromatic rings. The monoisotopic (exact) mass is 282 g/mol. The molecular weight excluding hydrogens is 260 g/mol. The summed E-state index contributed by atoms with van der Waals surface area (Å²) in [6.45, 7) is 2.21. The molecule has 1 aromatic carbocycles. The summed E-state index contributed by atoms with van der Waals surface area (Å²) in [6.07, 6.45) is 7.06. The van der Waals surface area contributed by atoms with Crippen molar-refractivity contribution in [3.8, 4) is 5.75 Å². The quantitative estimate of drug-likeness (QED) is 0.934. The minimum absolute atomic E-state index is 0.329. The second-order valence-corrected chi connectivity index (χ2v) is 5.71. The zero-order valence-electron chi connectivity index (χ0n) is 12.7. The van der Waals surface area contributed by atoms with Gasteiger partial charge in [-0.2, -0.15) is 0 Å². The Labute approximate surface area is 126 Å². The van der Waals surface area contributed by atoms with E-state index in [9.17, 15) is 0 Å². The molecule has 1 heterocycles. The number of benzene rings is 1. The van der Waals surface area contributed by atoms with Crippen molar-refractivity contribution < 1.29 is 4.74 Å². The van der Waals surface area contributed by atoms with Crippen LogP contribution < -0.4 is 10.1 Å². The highest BCUT2D eigenvalue weighted by Crippen LogP contribution is 2.30. The Morgan fingerprint density at radius 3 is 2.95 bits per heavy atom. The lowest BCUT2D eigenvalue weighted by Gasteiger charge is -2.29. The molecule has 1 aromatic heterocycles. The minimum Gasteiger partial charge on any atom is -0.496 e. The third kappa shape index (κ3) is 3.08. The van der Waals surface area contributed by atoms with Gasteiger partial charge >= 0.3 is 0 Å². The molecule has 1 aliphatic rings. The summed E-state index contributed by atoms with van der Waals surface area (Å²) >= 11 is 0. The fourth-order valence-electron chi connectivity index (χ4n) is 3.19. The van der Waals surface area contributed by atoms with E-state index in [0.717, 1.165) is 25.0 Å². The lowest BCUT2D eigenvalue weighted by atomic mass is 9.87. The first-order valence-electron chi connectivity index (χ1n) is 7.58. The molecule has 0 aliphatic heterocycles. The number of pyridine rings is 1. The molecule has 0 saturated carbocycles. The summed E-state index contributed by atoms with van der Waals surface area (Å²) < 4.78 is 5.47. The maximum Gasteiger partial charge on any atom is 0.122 e. The number of methoxy groups -OCH3 is 1. The molecule has 3 rings (SSSR count). The van der Waals surface area contributed by atoms with Gasteiger partial charge < -0.3 is 10.1 Å². The van der Waals surface area contributed by atoms with E-state index in [2.05, 4.69) is 41.5 Å². The van der Waals surface area contributed by atoms with Gasteiger partial charge in [0.2, 0.25) is 0 Å². The van der Waals surface area contributed by atoms with Crippen molar-refractivity contribution in [1.82, 2.24) is 10.3 Å². The molecule has 0 saturated heterocycles. The summed E-state index contributed by atoms with van der Waals surface area (Å²) in [6, 6.07) is 11.3. The van der Waals surface area contributed by atoms with Crippen LogP contribution in [0.1, 0.15) is 36.1 Å². The topological polar surface area (TPSA) is 34.1 Å². The summed E-state index contributed by atoms with van der Waals surface area (Å²) in [4.78, 5) is 4.20. The van der Waals surface area contributed by atoms with Crippen LogP contribution in [0.2, 0.25) is 0 Å². The van der Waals surface area contributed by atoms with E-state index >= 15 is 0 Å². The molecule has 0 amide bonds. The first-order valence-corrected chi connectivity index (χ1v) is 7.58. The van der Waals surface area contributed by atoms with E-state index in [-0.39, 0.29) is 0 Å². The summed E-state index contributed by atoms with van der Waals surface area (Å²) in [5.41, 5.74) is 4.04. The van der Waals surface area contributed by atoms with Crippen molar-refractivity contribution in [2.75, 3.05) is 7.11 Å². The molecule has 2 atom stereocenters. The zero-order chi connectivity index (χ0) is 14.7. The van der Waals surface area contributed by atoms with Gasteiger partial charge in [-0.1, -0.05) is 18.2 Å². The molecular formula is C18H22N2O. The Morgan fingerprint density at radius 2 is 2.19 bits per heavy atom. The Hall–Kier alpha value is -1.87. The van der Waals surface area contributed by atoms with Crippen LogP contribution in [-0.4, -0.2) is 18.1 Å². The van der Waals surface area contributed by atoms with E-state index in [4.69, 9.17) is 4.74 Å². The standard InChI is InChI=1S/C18H22N2O/c1-13(15-6-4-10-19-12-15)20-16-8-9-17-14(11-16)5-3-7-18(17)21-2/h3-7,10,12-13,16,20H,8-9,11H2,1-2H3/t13-,16-/m0/s1. The fraction of sp³-hybridized carbons (Fsp3) is 0.389. The van der Waals surface area contributed by atoms with Crippen LogP contribution in [0.15, 0.2) is 42.7 Å². The molecule has 3 nitrogen and oxygen atoms in total. The van der Waals surface area contributed by atoms with E-state index < -0.39 is 0 Å². The van der Waals surface area contributed by atoms with Crippen LogP contribution in [0.5, 0.6) is 5.75 Å². The van der Waals surface area contributed by atoms with Crippen LogP contribution in [0.3, 0.4) is 0 Å². The Morgan fingerprint density at radius 1 is 1.29 bits per heavy atom. The Kier molecular flexibility index (Phi) is 4.20. The van der Waals surface area contributed by atoms with Gasteiger partial charge in [-0.15, -0.1) is 0 Å². The minimum atomic E-state index is 0.329. The Bertz CT molecular complexity index is 597. The maximum absolute atomic E-state index is 5.47. The average Bonchev–Trinajstić information content (AvgIpc) is 2.54. The maximum atomic E-state index is 5.47. The van der Waals surface area contributed by atoms with Crippen LogP contribution in [0.25, 0.3) is 0 Å². The number of aromatic nitrogens is 1. The van der Waals surface area contributed by atoms with E-state index in [1.807, 2.05) is 18.5 Å². The molecule has 0 unspecified atom stereocenters. The van der Waals surface area contributed by atoms with Gasteiger partial charge in [0.1, 0.15) is 5.75 Å². The number of nitrogens with one attached hydrogen (secondary N) is 1. The van der Waals surface area contributed by atoms with Gasteiger partial charge in [0, 0.05) is 24.5 Å². The van der Waals surface area contributed by atoms with Crippen molar-refractivity contribution in [2.45, 2.75) is 38.3 Å². The SMILES string of the molecule is COc1cccc2c1CC[C@H](N[C@@H](C)c1cccnc1)C2. The Balaban J connectivity index is 1.69. The molecule has 0 fully saturated rings. The van der Waals surface area contributed by atoms with Gasteiger partial charge in [-0.3, -0.25) is 4.98 Å². The van der Waals surface area contributed by atoms with Gasteiger partial charge in [0.05, 0.1) is 7.11 Å². The predicted octanol–water partition coefficient (Wildman–Crippen LogP) is 3.30. The second-order valence-electron chi connectivity index (χ2n) is 5.71. The molecule has 110 valence electrons. The van der Waals surface area contributed by atoms with Gasteiger partial charge in [-0.05, 0) is 55.0 Å². The van der Waals surface area contributed by atoms with Crippen LogP contribution >= 0.6 is 0 Å². The third-order valence-corrected chi connectivity index (χ3v) is 4.33. The molecule has 3 heteroatoms. The summed E-state index contributed by atoms with van der Waals surface area (Å²) in [5, 5.41) is 3.73. The summed E-state index contributed by atoms with van der Waals surface area (Å²) in [5.74, 6) is 1.03. The first-order chi connectivity index (χ1) is 10.3. The van der Waals surface area contributed by atoms with E-state index in [1.165, 1.54) is 16.7 Å². The lowest BCUT2D eigenvalue weighted by molar-refractivity contribution is 0.386. The van der Waals surface area contributed by atoms with Crippen LogP contribution in [0, 0.1) is 0 Å². The van der Waals surface area contributed by atoms with Gasteiger partial charge in [0.15, 0.2) is 0 Å². The zero-order valence-corrected chi connectivity index (χ0v) is 12.7. The van der Waals surface area contributed by atoms with Crippen LogP contribution in [0.4, 0.5) is 0 Å². The predicted molar refractivity (Wildman–Crippen MR) is 84.6 cm³/mol. The normalized spacial score (nSPS) is 18.9. The van der Waals surface area contributed by atoms with E-state index in [1.54, 1.807) is 7.11 Å². The third-order valence-electron chi connectivity index (χ3n) is 4.33. The first kappa shape index (κ1) is 14.1. The number of rotatable bonds is 4. The second kappa shape index (κ2) is 6.27. The van der Waals surface area contributed by atoms with Gasteiger partial charge in [-0.25, -0.2) is 0 Å². The highest BCUT2D eigenvalue weighted by Gasteiger charge is 2.22. The van der Waals surface area contributed by atoms with Crippen molar-refractivity contribution >= 4 is 0 Å². The number of hydrogen-bond acceptors (Lipinski definition) is 3. The van der Waals surface area contributed by atoms with Crippen molar-refractivity contribution in [2.24, 2.45) is 0 Å². The molecule has 0 spiro atoms. The number of ether oxygens (including phenoxy) is 1. The number of hydrogen-bond donors (Lipinski definition) is 1. The average molecular weight is 282 g/mol.